The predicted octanol–water partition coefficient (Wildman–Crippen LogP) is 2.79. The van der Waals surface area contributed by atoms with Crippen molar-refractivity contribution in [3.8, 4) is 5.75 Å². The molecule has 1 spiro atoms. The summed E-state index contributed by atoms with van der Waals surface area (Å²) in [5.41, 5.74) is 0.638. The molecule has 0 saturated carbocycles. The molecule has 1 N–H and O–H groups in total. The number of alkyl halides is 1. The molecule has 10 heteroatoms. The van der Waals surface area contributed by atoms with Crippen molar-refractivity contribution in [3.05, 3.63) is 49.6 Å². The standard InChI is InChI=1S/C26H31BrN2O6S/c1-5-11-28(16-7-9-17(34-4)10-8-16)24(32)22-26-13-18(27)21(36-26)19(25(33)35-12-6-2)20(26)23(31)29(22)15(3)14-30/h5-10,15,18-22,30H,1-2,11-14H2,3-4H3/t15-,18?,19-,20+,21-,22?,26?/m1/s1. The van der Waals surface area contributed by atoms with Crippen LogP contribution in [0.15, 0.2) is 49.6 Å². The van der Waals surface area contributed by atoms with Crippen molar-refractivity contribution in [1.29, 1.82) is 0 Å². The molecule has 1 aromatic carbocycles. The fraction of sp³-hybridized carbons (Fsp3) is 0.500. The van der Waals surface area contributed by atoms with Crippen LogP contribution in [-0.2, 0) is 19.1 Å². The molecular formula is C26H31BrN2O6S. The van der Waals surface area contributed by atoms with Crippen LogP contribution >= 0.6 is 27.7 Å². The molecule has 0 aliphatic carbocycles. The Kier molecular flexibility index (Phi) is 7.87. The van der Waals surface area contributed by atoms with E-state index in [1.807, 2.05) is 0 Å². The minimum Gasteiger partial charge on any atom is -0.497 e. The second-order valence-corrected chi connectivity index (χ2v) is 12.0. The molecular weight excluding hydrogens is 548 g/mol. The number of carbonyl (C=O) groups is 3. The highest BCUT2D eigenvalue weighted by Gasteiger charge is 2.76. The van der Waals surface area contributed by atoms with E-state index in [9.17, 15) is 19.5 Å². The first kappa shape index (κ1) is 26.8. The molecule has 3 aliphatic rings. The number of hydrogen-bond acceptors (Lipinski definition) is 7. The van der Waals surface area contributed by atoms with Gasteiger partial charge in [-0.25, -0.2) is 0 Å². The summed E-state index contributed by atoms with van der Waals surface area (Å²) in [4.78, 5) is 44.4. The van der Waals surface area contributed by atoms with E-state index in [-0.39, 0.29) is 41.6 Å². The fourth-order valence-corrected chi connectivity index (χ4v) is 9.36. The lowest BCUT2D eigenvalue weighted by atomic mass is 9.71. The number of fused-ring (bicyclic) bond motifs is 1. The molecule has 0 aromatic heterocycles. The third-order valence-electron chi connectivity index (χ3n) is 7.28. The van der Waals surface area contributed by atoms with Crippen molar-refractivity contribution in [1.82, 2.24) is 4.90 Å². The molecule has 3 heterocycles. The zero-order valence-corrected chi connectivity index (χ0v) is 22.7. The van der Waals surface area contributed by atoms with E-state index >= 15 is 0 Å². The minimum atomic E-state index is -0.869. The number of anilines is 1. The maximum absolute atomic E-state index is 14.4. The quantitative estimate of drug-likeness (QED) is 0.259. The Balaban J connectivity index is 1.79. The maximum atomic E-state index is 14.4. The van der Waals surface area contributed by atoms with E-state index in [2.05, 4.69) is 29.1 Å². The largest absolute Gasteiger partial charge is 0.497 e. The van der Waals surface area contributed by atoms with E-state index < -0.39 is 34.6 Å². The summed E-state index contributed by atoms with van der Waals surface area (Å²) in [6, 6.07) is 5.63. The number of ether oxygens (including phenoxy) is 2. The number of aliphatic hydroxyl groups excluding tert-OH is 1. The monoisotopic (exact) mass is 578 g/mol. The van der Waals surface area contributed by atoms with Gasteiger partial charge in [-0.1, -0.05) is 34.7 Å². The Labute approximate surface area is 223 Å². The predicted molar refractivity (Wildman–Crippen MR) is 142 cm³/mol. The number of likely N-dealkylation sites (tertiary alicyclic amines) is 1. The summed E-state index contributed by atoms with van der Waals surface area (Å²) in [6.07, 6.45) is 3.67. The van der Waals surface area contributed by atoms with Gasteiger partial charge in [-0.15, -0.1) is 18.3 Å². The Morgan fingerprint density at radius 3 is 2.61 bits per heavy atom. The first-order chi connectivity index (χ1) is 17.2. The summed E-state index contributed by atoms with van der Waals surface area (Å²) in [5, 5.41) is 9.83. The average molecular weight is 580 g/mol. The van der Waals surface area contributed by atoms with Gasteiger partial charge in [-0.05, 0) is 37.6 Å². The van der Waals surface area contributed by atoms with E-state index in [0.29, 0.717) is 17.9 Å². The summed E-state index contributed by atoms with van der Waals surface area (Å²) in [6.45, 7) is 9.12. The van der Waals surface area contributed by atoms with Gasteiger partial charge in [0.15, 0.2) is 0 Å². The molecule has 1 aromatic rings. The third kappa shape index (κ3) is 4.16. The van der Waals surface area contributed by atoms with Crippen molar-refractivity contribution in [2.45, 2.75) is 40.3 Å². The highest BCUT2D eigenvalue weighted by molar-refractivity contribution is 9.09. The first-order valence-electron chi connectivity index (χ1n) is 11.8. The maximum Gasteiger partial charge on any atom is 0.311 e. The Hall–Kier alpha value is -2.30. The molecule has 8 nitrogen and oxygen atoms in total. The highest BCUT2D eigenvalue weighted by Crippen LogP contribution is 2.68. The normalized spacial score (nSPS) is 31.1. The molecule has 36 heavy (non-hydrogen) atoms. The molecule has 3 saturated heterocycles. The lowest BCUT2D eigenvalue weighted by Crippen LogP contribution is -2.57. The lowest BCUT2D eigenvalue weighted by Gasteiger charge is -2.39. The topological polar surface area (TPSA) is 96.4 Å². The number of nitrogens with zero attached hydrogens (tertiary/aromatic N) is 2. The lowest BCUT2D eigenvalue weighted by molar-refractivity contribution is -0.153. The molecule has 7 atom stereocenters. The second kappa shape index (κ2) is 10.6. The molecule has 194 valence electrons. The Morgan fingerprint density at radius 1 is 1.33 bits per heavy atom. The van der Waals surface area contributed by atoms with Gasteiger partial charge in [0.25, 0.3) is 5.91 Å². The molecule has 3 aliphatic heterocycles. The summed E-state index contributed by atoms with van der Waals surface area (Å²) >= 11 is 5.24. The zero-order valence-electron chi connectivity index (χ0n) is 20.3. The number of carbonyl (C=O) groups excluding carboxylic acids is 3. The van der Waals surface area contributed by atoms with Gasteiger partial charge in [0.2, 0.25) is 5.91 Å². The number of rotatable bonds is 10. The van der Waals surface area contributed by atoms with Crippen LogP contribution in [0.3, 0.4) is 0 Å². The summed E-state index contributed by atoms with van der Waals surface area (Å²) < 4.78 is 9.81. The van der Waals surface area contributed by atoms with Gasteiger partial charge in [0, 0.05) is 22.3 Å². The van der Waals surface area contributed by atoms with E-state index in [0.717, 1.165) is 0 Å². The van der Waals surface area contributed by atoms with Gasteiger partial charge >= 0.3 is 5.97 Å². The van der Waals surface area contributed by atoms with Crippen LogP contribution in [0.25, 0.3) is 0 Å². The molecule has 3 fully saturated rings. The van der Waals surface area contributed by atoms with Gasteiger partial charge < -0.3 is 24.4 Å². The van der Waals surface area contributed by atoms with Crippen LogP contribution in [0.4, 0.5) is 5.69 Å². The molecule has 2 bridgehead atoms. The number of esters is 1. The minimum absolute atomic E-state index is 0.0529. The second-order valence-electron chi connectivity index (χ2n) is 9.29. The molecule has 2 amide bonds. The van der Waals surface area contributed by atoms with E-state index in [1.165, 1.54) is 22.7 Å². The van der Waals surface area contributed by atoms with Gasteiger partial charge in [0.1, 0.15) is 18.4 Å². The average Bonchev–Trinajstić information content (AvgIpc) is 3.48. The van der Waals surface area contributed by atoms with E-state index in [4.69, 9.17) is 9.47 Å². The van der Waals surface area contributed by atoms with Crippen LogP contribution in [0.1, 0.15) is 13.3 Å². The SMILES string of the molecule is C=CCOC(=O)[C@H]1[C@@H]2SC3(CC2Br)C(C(=O)N(CC=C)c2ccc(OC)cc2)N([C@H](C)CO)C(=O)[C@H]13. The Bertz CT molecular complexity index is 1050. The van der Waals surface area contributed by atoms with Crippen molar-refractivity contribution in [2.75, 3.05) is 31.8 Å². The molecule has 0 radical (unpaired) electrons. The van der Waals surface area contributed by atoms with E-state index in [1.54, 1.807) is 49.3 Å². The fourth-order valence-electron chi connectivity index (χ4n) is 5.78. The summed E-state index contributed by atoms with van der Waals surface area (Å²) in [7, 11) is 1.57. The number of halogens is 1. The number of aliphatic hydroxyl groups is 1. The molecule has 4 rings (SSSR count). The van der Waals surface area contributed by atoms with Crippen molar-refractivity contribution in [2.24, 2.45) is 11.8 Å². The van der Waals surface area contributed by atoms with Gasteiger partial charge in [0.05, 0.1) is 36.3 Å². The van der Waals surface area contributed by atoms with Crippen molar-refractivity contribution < 1.29 is 29.0 Å². The highest BCUT2D eigenvalue weighted by atomic mass is 79.9. The van der Waals surface area contributed by atoms with Crippen LogP contribution < -0.4 is 9.64 Å². The number of methoxy groups -OCH3 is 1. The Morgan fingerprint density at radius 2 is 2.03 bits per heavy atom. The molecule has 3 unspecified atom stereocenters. The van der Waals surface area contributed by atoms with Crippen LogP contribution in [-0.4, -0.2) is 81.6 Å². The number of amides is 2. The van der Waals surface area contributed by atoms with Crippen LogP contribution in [0.2, 0.25) is 0 Å². The number of thioether (sulfide) groups is 1. The van der Waals surface area contributed by atoms with Gasteiger partial charge in [-0.2, -0.15) is 0 Å². The smallest absolute Gasteiger partial charge is 0.311 e. The van der Waals surface area contributed by atoms with Crippen molar-refractivity contribution >= 4 is 51.2 Å². The third-order valence-corrected chi connectivity index (χ3v) is 10.5. The number of benzene rings is 1. The zero-order chi connectivity index (χ0) is 26.2. The first-order valence-corrected chi connectivity index (χ1v) is 13.6. The van der Waals surface area contributed by atoms with Gasteiger partial charge in [-0.3, -0.25) is 14.4 Å². The van der Waals surface area contributed by atoms with Crippen LogP contribution in [0, 0.1) is 11.8 Å². The summed E-state index contributed by atoms with van der Waals surface area (Å²) in [5.74, 6) is -1.78. The van der Waals surface area contributed by atoms with Crippen molar-refractivity contribution in [3.63, 3.8) is 0 Å². The van der Waals surface area contributed by atoms with Crippen LogP contribution in [0.5, 0.6) is 5.75 Å². The number of hydrogen-bond donors (Lipinski definition) is 1.